The largest absolute Gasteiger partial charge is 0.378 e. The van der Waals surface area contributed by atoms with Crippen LogP contribution in [0.5, 0.6) is 0 Å². The molecule has 3 aliphatic rings. The van der Waals surface area contributed by atoms with Crippen molar-refractivity contribution >= 4 is 5.91 Å². The number of nitrogens with one attached hydrogen (secondary N) is 1. The Morgan fingerprint density at radius 2 is 1.91 bits per heavy atom. The first-order chi connectivity index (χ1) is 10.8. The first-order valence-electron chi connectivity index (χ1n) is 8.78. The Morgan fingerprint density at radius 3 is 2.64 bits per heavy atom. The highest BCUT2D eigenvalue weighted by molar-refractivity contribution is 5.88. The van der Waals surface area contributed by atoms with E-state index in [0.717, 1.165) is 45.1 Å². The van der Waals surface area contributed by atoms with E-state index in [-0.39, 0.29) is 11.3 Å². The topological polar surface area (TPSA) is 38.3 Å². The molecule has 1 aliphatic heterocycles. The van der Waals surface area contributed by atoms with Gasteiger partial charge in [-0.2, -0.15) is 0 Å². The maximum atomic E-state index is 13.2. The van der Waals surface area contributed by atoms with Crippen molar-refractivity contribution in [2.45, 2.75) is 62.5 Å². The number of hydrogen-bond acceptors (Lipinski definition) is 2. The van der Waals surface area contributed by atoms with E-state index in [1.807, 2.05) is 6.07 Å². The first-order valence-corrected chi connectivity index (χ1v) is 8.78. The van der Waals surface area contributed by atoms with Crippen LogP contribution in [0.1, 0.15) is 50.5 Å². The third kappa shape index (κ3) is 2.26. The Kier molecular flexibility index (Phi) is 3.69. The van der Waals surface area contributed by atoms with Gasteiger partial charge < -0.3 is 10.1 Å². The molecule has 3 atom stereocenters. The Bertz CT molecular complexity index is 536. The van der Waals surface area contributed by atoms with Crippen molar-refractivity contribution in [3.63, 3.8) is 0 Å². The molecule has 1 aromatic carbocycles. The molecule has 2 saturated carbocycles. The second kappa shape index (κ2) is 5.69. The lowest BCUT2D eigenvalue weighted by Crippen LogP contribution is -2.58. The summed E-state index contributed by atoms with van der Waals surface area (Å²) in [6.07, 6.45) is 8.05. The van der Waals surface area contributed by atoms with Crippen molar-refractivity contribution in [3.8, 4) is 0 Å². The molecule has 0 aromatic heterocycles. The van der Waals surface area contributed by atoms with E-state index in [1.54, 1.807) is 0 Å². The third-order valence-corrected chi connectivity index (χ3v) is 6.05. The van der Waals surface area contributed by atoms with Crippen LogP contribution in [0.15, 0.2) is 30.3 Å². The van der Waals surface area contributed by atoms with Gasteiger partial charge in [-0.05, 0) is 31.2 Å². The van der Waals surface area contributed by atoms with Crippen LogP contribution in [0.4, 0.5) is 0 Å². The molecule has 0 radical (unpaired) electrons. The van der Waals surface area contributed by atoms with Crippen LogP contribution in [0.2, 0.25) is 0 Å². The molecule has 0 bridgehead atoms. The van der Waals surface area contributed by atoms with Gasteiger partial charge in [-0.1, -0.05) is 49.6 Å². The highest BCUT2D eigenvalue weighted by Gasteiger charge is 2.48. The van der Waals surface area contributed by atoms with E-state index in [0.29, 0.717) is 18.1 Å². The van der Waals surface area contributed by atoms with E-state index in [1.165, 1.54) is 12.0 Å². The molecular weight excluding hydrogens is 274 g/mol. The average Bonchev–Trinajstić information content (AvgIpc) is 2.95. The summed E-state index contributed by atoms with van der Waals surface area (Å²) in [6, 6.07) is 10.7. The summed E-state index contributed by atoms with van der Waals surface area (Å²) >= 11 is 0. The first kappa shape index (κ1) is 14.3. The Labute approximate surface area is 132 Å². The van der Waals surface area contributed by atoms with Crippen LogP contribution in [-0.2, 0) is 14.9 Å². The molecule has 0 unspecified atom stereocenters. The van der Waals surface area contributed by atoms with Gasteiger partial charge >= 0.3 is 0 Å². The van der Waals surface area contributed by atoms with Crippen LogP contribution in [0.3, 0.4) is 0 Å². The number of hydrogen-bond donors (Lipinski definition) is 1. The fourth-order valence-electron chi connectivity index (χ4n) is 4.63. The van der Waals surface area contributed by atoms with Crippen molar-refractivity contribution in [1.29, 1.82) is 0 Å². The number of carbonyl (C=O) groups excluding carboxylic acids is 1. The lowest BCUT2D eigenvalue weighted by molar-refractivity contribution is -0.131. The number of amides is 1. The maximum absolute atomic E-state index is 13.2. The van der Waals surface area contributed by atoms with Gasteiger partial charge in [0.05, 0.1) is 11.5 Å². The fraction of sp³-hybridized carbons (Fsp3) is 0.632. The van der Waals surface area contributed by atoms with Gasteiger partial charge in [0.15, 0.2) is 0 Å². The summed E-state index contributed by atoms with van der Waals surface area (Å²) < 4.78 is 5.67. The van der Waals surface area contributed by atoms with E-state index in [2.05, 4.69) is 29.6 Å². The van der Waals surface area contributed by atoms with Gasteiger partial charge in [0.2, 0.25) is 5.91 Å². The number of fused-ring (bicyclic) bond motifs is 1. The smallest absolute Gasteiger partial charge is 0.230 e. The minimum Gasteiger partial charge on any atom is -0.378 e. The highest BCUT2D eigenvalue weighted by atomic mass is 16.5. The molecule has 3 nitrogen and oxygen atoms in total. The van der Waals surface area contributed by atoms with E-state index in [4.69, 9.17) is 4.74 Å². The maximum Gasteiger partial charge on any atom is 0.230 e. The van der Waals surface area contributed by atoms with Crippen LogP contribution >= 0.6 is 0 Å². The van der Waals surface area contributed by atoms with Crippen LogP contribution < -0.4 is 5.32 Å². The lowest BCUT2D eigenvalue weighted by atomic mass is 9.68. The van der Waals surface area contributed by atoms with Crippen LogP contribution in [-0.4, -0.2) is 24.7 Å². The van der Waals surface area contributed by atoms with Crippen molar-refractivity contribution in [1.82, 2.24) is 5.32 Å². The predicted molar refractivity (Wildman–Crippen MR) is 85.6 cm³/mol. The molecule has 118 valence electrons. The quantitative estimate of drug-likeness (QED) is 0.931. The standard InChI is InChI=1S/C19H25NO2/c21-18(20-16-13-17-15(16)9-12-22-17)19(10-5-2-6-11-19)14-7-3-1-4-8-14/h1,3-4,7-8,15-17H,2,5-6,9-13H2,(H,20,21)/t15-,16+,17+/m0/s1. The Balaban J connectivity index is 1.54. The van der Waals surface area contributed by atoms with Crippen molar-refractivity contribution in [3.05, 3.63) is 35.9 Å². The molecule has 0 spiro atoms. The zero-order valence-electron chi connectivity index (χ0n) is 13.1. The second-order valence-corrected chi connectivity index (χ2v) is 7.19. The predicted octanol–water partition coefficient (Wildman–Crippen LogP) is 3.18. The zero-order chi connectivity index (χ0) is 15.0. The van der Waals surface area contributed by atoms with Crippen molar-refractivity contribution in [2.24, 2.45) is 5.92 Å². The summed E-state index contributed by atoms with van der Waals surface area (Å²) in [5, 5.41) is 3.38. The number of benzene rings is 1. The van der Waals surface area contributed by atoms with Crippen LogP contribution in [0.25, 0.3) is 0 Å². The van der Waals surface area contributed by atoms with E-state index < -0.39 is 0 Å². The minimum atomic E-state index is -0.302. The minimum absolute atomic E-state index is 0.258. The SMILES string of the molecule is O=C(N[C@@H]1C[C@H]2OCC[C@@H]12)C1(c2ccccc2)CCCCC1. The summed E-state index contributed by atoms with van der Waals surface area (Å²) in [5.41, 5.74) is 0.898. The summed E-state index contributed by atoms with van der Waals surface area (Å²) in [6.45, 7) is 0.867. The third-order valence-electron chi connectivity index (χ3n) is 6.05. The molecule has 3 heteroatoms. The summed E-state index contributed by atoms with van der Waals surface area (Å²) in [5.74, 6) is 0.814. The molecule has 1 N–H and O–H groups in total. The fourth-order valence-corrected chi connectivity index (χ4v) is 4.63. The molecule has 22 heavy (non-hydrogen) atoms. The lowest BCUT2D eigenvalue weighted by Gasteiger charge is -2.43. The van der Waals surface area contributed by atoms with Gasteiger partial charge in [-0.15, -0.1) is 0 Å². The van der Waals surface area contributed by atoms with Crippen molar-refractivity contribution in [2.75, 3.05) is 6.61 Å². The van der Waals surface area contributed by atoms with Gasteiger partial charge in [-0.3, -0.25) is 4.79 Å². The number of rotatable bonds is 3. The molecule has 1 heterocycles. The van der Waals surface area contributed by atoms with E-state index >= 15 is 0 Å². The average molecular weight is 299 g/mol. The zero-order valence-corrected chi connectivity index (χ0v) is 13.1. The Hall–Kier alpha value is -1.35. The molecule has 3 fully saturated rings. The molecule has 1 saturated heterocycles. The normalized spacial score (nSPS) is 32.8. The highest BCUT2D eigenvalue weighted by Crippen LogP contribution is 2.42. The van der Waals surface area contributed by atoms with Crippen LogP contribution in [0, 0.1) is 5.92 Å². The summed E-state index contributed by atoms with van der Waals surface area (Å²) in [4.78, 5) is 13.2. The number of carbonyl (C=O) groups is 1. The summed E-state index contributed by atoms with van der Waals surface area (Å²) in [7, 11) is 0. The molecular formula is C19H25NO2. The van der Waals surface area contributed by atoms with Gasteiger partial charge in [-0.25, -0.2) is 0 Å². The molecule has 1 aromatic rings. The monoisotopic (exact) mass is 299 g/mol. The molecule has 1 amide bonds. The van der Waals surface area contributed by atoms with E-state index in [9.17, 15) is 4.79 Å². The molecule has 4 rings (SSSR count). The Morgan fingerprint density at radius 1 is 1.14 bits per heavy atom. The number of ether oxygens (including phenoxy) is 1. The molecule has 2 aliphatic carbocycles. The van der Waals surface area contributed by atoms with Crippen molar-refractivity contribution < 1.29 is 9.53 Å². The van der Waals surface area contributed by atoms with Gasteiger partial charge in [0.25, 0.3) is 0 Å². The van der Waals surface area contributed by atoms with Gasteiger partial charge in [0.1, 0.15) is 0 Å². The van der Waals surface area contributed by atoms with Gasteiger partial charge in [0, 0.05) is 18.6 Å². The second-order valence-electron chi connectivity index (χ2n) is 7.19.